The zero-order valence-electron chi connectivity index (χ0n) is 10.2. The molecule has 2 N–H and O–H groups in total. The lowest BCUT2D eigenvalue weighted by atomic mass is 9.98. The summed E-state index contributed by atoms with van der Waals surface area (Å²) in [5, 5.41) is 13.5. The topological polar surface area (TPSA) is 61.7 Å². The Hall–Kier alpha value is -1.68. The lowest BCUT2D eigenvalue weighted by Gasteiger charge is -2.11. The minimum Gasteiger partial charge on any atom is -0.392 e. The minimum absolute atomic E-state index is 0.0467. The van der Waals surface area contributed by atoms with E-state index in [4.69, 9.17) is 0 Å². The van der Waals surface area contributed by atoms with Crippen LogP contribution in [0.5, 0.6) is 0 Å². The third-order valence-corrected chi connectivity index (χ3v) is 2.39. The van der Waals surface area contributed by atoms with E-state index in [-0.39, 0.29) is 18.8 Å². The Labute approximate surface area is 101 Å². The van der Waals surface area contributed by atoms with Gasteiger partial charge in [-0.2, -0.15) is 5.10 Å². The van der Waals surface area contributed by atoms with Gasteiger partial charge in [0.2, 0.25) is 0 Å². The standard InChI is InChI=1S/C13H18N2O2/c1-10(17)8-13(15-14-2)12-7-5-3-4-6-11(12)9-16/h3,5-7,14,16H,4,8-9H2,1-2H3/b15-13-. The van der Waals surface area contributed by atoms with Crippen LogP contribution in [0, 0.1) is 0 Å². The van der Waals surface area contributed by atoms with E-state index in [0.29, 0.717) is 5.71 Å². The van der Waals surface area contributed by atoms with Gasteiger partial charge in [0.25, 0.3) is 0 Å². The highest BCUT2D eigenvalue weighted by atomic mass is 16.3. The second-order valence-electron chi connectivity index (χ2n) is 3.79. The summed E-state index contributed by atoms with van der Waals surface area (Å²) in [5.41, 5.74) is 4.99. The molecule has 0 atom stereocenters. The van der Waals surface area contributed by atoms with Crippen molar-refractivity contribution in [2.75, 3.05) is 13.7 Å². The zero-order valence-corrected chi connectivity index (χ0v) is 10.2. The minimum atomic E-state index is -0.0475. The summed E-state index contributed by atoms with van der Waals surface area (Å²) in [6.45, 7) is 1.48. The molecule has 0 spiro atoms. The van der Waals surface area contributed by atoms with Crippen LogP contribution in [-0.2, 0) is 4.79 Å². The number of hydrazone groups is 1. The normalized spacial score (nSPS) is 16.1. The van der Waals surface area contributed by atoms with E-state index in [2.05, 4.69) is 10.5 Å². The maximum atomic E-state index is 11.2. The Bertz CT molecular complexity index is 404. The fourth-order valence-electron chi connectivity index (χ4n) is 1.67. The molecule has 0 unspecified atom stereocenters. The fourth-order valence-corrected chi connectivity index (χ4v) is 1.67. The van der Waals surface area contributed by atoms with Crippen LogP contribution in [0.15, 0.2) is 40.6 Å². The highest BCUT2D eigenvalue weighted by molar-refractivity contribution is 6.12. The molecule has 1 rings (SSSR count). The van der Waals surface area contributed by atoms with Crippen molar-refractivity contribution in [2.24, 2.45) is 5.10 Å². The Balaban J connectivity index is 3.06. The van der Waals surface area contributed by atoms with E-state index in [0.717, 1.165) is 17.6 Å². The quantitative estimate of drug-likeness (QED) is 0.557. The molecule has 0 radical (unpaired) electrons. The molecule has 17 heavy (non-hydrogen) atoms. The molecular formula is C13H18N2O2. The van der Waals surface area contributed by atoms with Crippen LogP contribution in [-0.4, -0.2) is 30.3 Å². The molecule has 0 aliphatic heterocycles. The van der Waals surface area contributed by atoms with Crippen molar-refractivity contribution in [3.05, 3.63) is 35.5 Å². The molecule has 4 nitrogen and oxygen atoms in total. The van der Waals surface area contributed by atoms with E-state index in [9.17, 15) is 9.90 Å². The van der Waals surface area contributed by atoms with Crippen molar-refractivity contribution in [1.82, 2.24) is 5.43 Å². The smallest absolute Gasteiger partial charge is 0.135 e. The Morgan fingerprint density at radius 1 is 1.59 bits per heavy atom. The van der Waals surface area contributed by atoms with Crippen LogP contribution in [0.2, 0.25) is 0 Å². The summed E-state index contributed by atoms with van der Waals surface area (Å²) in [7, 11) is 1.69. The van der Waals surface area contributed by atoms with Gasteiger partial charge < -0.3 is 10.5 Å². The maximum Gasteiger partial charge on any atom is 0.135 e. The van der Waals surface area contributed by atoms with Crippen molar-refractivity contribution in [2.45, 2.75) is 19.8 Å². The molecule has 0 aromatic rings. The third-order valence-electron chi connectivity index (χ3n) is 2.39. The molecular weight excluding hydrogens is 216 g/mol. The summed E-state index contributed by atoms with van der Waals surface area (Å²) in [5.74, 6) is 0.0467. The molecule has 0 fully saturated rings. The summed E-state index contributed by atoms with van der Waals surface area (Å²) < 4.78 is 0. The van der Waals surface area contributed by atoms with Crippen molar-refractivity contribution < 1.29 is 9.90 Å². The fraction of sp³-hybridized carbons (Fsp3) is 0.385. The van der Waals surface area contributed by atoms with Gasteiger partial charge in [-0.15, -0.1) is 0 Å². The average Bonchev–Trinajstić information content (AvgIpc) is 2.52. The number of nitrogens with zero attached hydrogens (tertiary/aromatic N) is 1. The lowest BCUT2D eigenvalue weighted by Crippen LogP contribution is -2.15. The van der Waals surface area contributed by atoms with E-state index >= 15 is 0 Å². The van der Waals surface area contributed by atoms with Crippen LogP contribution < -0.4 is 5.43 Å². The summed E-state index contributed by atoms with van der Waals surface area (Å²) in [6, 6.07) is 0. The van der Waals surface area contributed by atoms with Crippen molar-refractivity contribution in [1.29, 1.82) is 0 Å². The number of hydrogen-bond donors (Lipinski definition) is 2. The van der Waals surface area contributed by atoms with Gasteiger partial charge in [0.15, 0.2) is 0 Å². The van der Waals surface area contributed by atoms with Crippen molar-refractivity contribution in [3.63, 3.8) is 0 Å². The number of aliphatic hydroxyl groups excluding tert-OH is 1. The van der Waals surface area contributed by atoms with Crippen LogP contribution in [0.1, 0.15) is 19.8 Å². The molecule has 0 aromatic heterocycles. The molecule has 0 aromatic carbocycles. The second kappa shape index (κ2) is 6.81. The highest BCUT2D eigenvalue weighted by Gasteiger charge is 2.14. The van der Waals surface area contributed by atoms with Gasteiger partial charge in [0.1, 0.15) is 5.78 Å². The molecule has 0 bridgehead atoms. The third kappa shape index (κ3) is 4.00. The molecule has 4 heteroatoms. The number of nitrogens with one attached hydrogen (secondary N) is 1. The van der Waals surface area contributed by atoms with Gasteiger partial charge in [-0.05, 0) is 18.9 Å². The Morgan fingerprint density at radius 2 is 2.35 bits per heavy atom. The predicted octanol–water partition coefficient (Wildman–Crippen LogP) is 1.35. The van der Waals surface area contributed by atoms with Crippen LogP contribution in [0.25, 0.3) is 0 Å². The number of rotatable bonds is 5. The SMILES string of the molecule is CN/N=C(/CC(C)=O)C1=CC=CCC=C1CO. The molecule has 0 amide bonds. The lowest BCUT2D eigenvalue weighted by molar-refractivity contribution is -0.115. The summed E-state index contributed by atoms with van der Waals surface area (Å²) in [4.78, 5) is 11.2. The van der Waals surface area contributed by atoms with E-state index < -0.39 is 0 Å². The molecule has 1 aliphatic rings. The van der Waals surface area contributed by atoms with Crippen LogP contribution in [0.4, 0.5) is 0 Å². The van der Waals surface area contributed by atoms with Crippen molar-refractivity contribution >= 4 is 11.5 Å². The van der Waals surface area contributed by atoms with Gasteiger partial charge >= 0.3 is 0 Å². The van der Waals surface area contributed by atoms with Gasteiger partial charge in [0, 0.05) is 12.6 Å². The van der Waals surface area contributed by atoms with E-state index in [1.54, 1.807) is 7.05 Å². The van der Waals surface area contributed by atoms with Crippen LogP contribution >= 0.6 is 0 Å². The first kappa shape index (κ1) is 13.4. The number of aliphatic hydroxyl groups is 1. The first-order valence-corrected chi connectivity index (χ1v) is 5.59. The van der Waals surface area contributed by atoms with Crippen molar-refractivity contribution in [3.8, 4) is 0 Å². The highest BCUT2D eigenvalue weighted by Crippen LogP contribution is 2.18. The van der Waals surface area contributed by atoms with Gasteiger partial charge in [-0.3, -0.25) is 4.79 Å². The number of hydrogen-bond acceptors (Lipinski definition) is 4. The predicted molar refractivity (Wildman–Crippen MR) is 68.8 cm³/mol. The number of allylic oxidation sites excluding steroid dienone is 4. The molecule has 0 saturated heterocycles. The van der Waals surface area contributed by atoms with E-state index in [1.165, 1.54) is 6.92 Å². The Morgan fingerprint density at radius 3 is 2.94 bits per heavy atom. The number of carbonyl (C=O) groups is 1. The number of carbonyl (C=O) groups excluding carboxylic acids is 1. The molecule has 0 heterocycles. The van der Waals surface area contributed by atoms with Gasteiger partial charge in [-0.25, -0.2) is 0 Å². The Kier molecular flexibility index (Phi) is 5.36. The van der Waals surface area contributed by atoms with E-state index in [1.807, 2.05) is 24.3 Å². The number of ketones is 1. The van der Waals surface area contributed by atoms with Gasteiger partial charge in [-0.1, -0.05) is 24.3 Å². The largest absolute Gasteiger partial charge is 0.392 e. The average molecular weight is 234 g/mol. The second-order valence-corrected chi connectivity index (χ2v) is 3.79. The first-order chi connectivity index (χ1) is 8.19. The monoisotopic (exact) mass is 234 g/mol. The number of Topliss-reactive ketones (excluding diaryl/α,β-unsaturated/α-hetero) is 1. The zero-order chi connectivity index (χ0) is 12.7. The summed E-state index contributed by atoms with van der Waals surface area (Å²) >= 11 is 0. The van der Waals surface area contributed by atoms with Crippen LogP contribution in [0.3, 0.4) is 0 Å². The molecule has 0 saturated carbocycles. The molecule has 92 valence electrons. The first-order valence-electron chi connectivity index (χ1n) is 5.59. The van der Waals surface area contributed by atoms with Gasteiger partial charge in [0.05, 0.1) is 18.7 Å². The summed E-state index contributed by atoms with van der Waals surface area (Å²) in [6.07, 6.45) is 8.78. The maximum absolute atomic E-state index is 11.2. The molecule has 1 aliphatic carbocycles.